The first-order valence-electron chi connectivity index (χ1n) is 6.49. The molecule has 0 bridgehead atoms. The Morgan fingerprint density at radius 2 is 1.75 bits per heavy atom. The Hall–Kier alpha value is -1.21. The SMILES string of the molecule is CCC(CC)C(C)NS(=O)(=O)c1cc(N)c(F)cc1F. The molecule has 0 amide bonds. The summed E-state index contributed by atoms with van der Waals surface area (Å²) in [5.41, 5.74) is 4.89. The largest absolute Gasteiger partial charge is 0.396 e. The second-order valence-corrected chi connectivity index (χ2v) is 6.47. The molecule has 1 rings (SSSR count). The van der Waals surface area contributed by atoms with Crippen molar-refractivity contribution < 1.29 is 17.2 Å². The predicted molar refractivity (Wildman–Crippen MR) is 74.6 cm³/mol. The summed E-state index contributed by atoms with van der Waals surface area (Å²) in [6.45, 7) is 5.63. The quantitative estimate of drug-likeness (QED) is 0.794. The average molecular weight is 306 g/mol. The van der Waals surface area contributed by atoms with Gasteiger partial charge in [-0.05, 0) is 18.9 Å². The van der Waals surface area contributed by atoms with Crippen molar-refractivity contribution in [1.82, 2.24) is 4.72 Å². The van der Waals surface area contributed by atoms with Crippen molar-refractivity contribution in [2.45, 2.75) is 44.6 Å². The van der Waals surface area contributed by atoms with Crippen molar-refractivity contribution in [3.63, 3.8) is 0 Å². The molecule has 0 aromatic heterocycles. The maximum Gasteiger partial charge on any atom is 0.243 e. The lowest BCUT2D eigenvalue weighted by molar-refractivity contribution is 0.390. The standard InChI is InChI=1S/C13H20F2N2O2S/c1-4-9(5-2)8(3)17-20(18,19)13-7-12(16)10(14)6-11(13)15/h6-9,17H,4-5,16H2,1-3H3. The van der Waals surface area contributed by atoms with Gasteiger partial charge in [0, 0.05) is 12.1 Å². The summed E-state index contributed by atoms with van der Waals surface area (Å²) in [6.07, 6.45) is 1.60. The van der Waals surface area contributed by atoms with Crippen LogP contribution in [0.1, 0.15) is 33.6 Å². The summed E-state index contributed by atoms with van der Waals surface area (Å²) >= 11 is 0. The van der Waals surface area contributed by atoms with Crippen LogP contribution >= 0.6 is 0 Å². The molecule has 0 fully saturated rings. The second-order valence-electron chi connectivity index (χ2n) is 4.79. The van der Waals surface area contributed by atoms with Gasteiger partial charge in [0.05, 0.1) is 5.69 Å². The Labute approximate surface area is 118 Å². The van der Waals surface area contributed by atoms with Crippen molar-refractivity contribution in [1.29, 1.82) is 0 Å². The van der Waals surface area contributed by atoms with E-state index in [2.05, 4.69) is 4.72 Å². The summed E-state index contributed by atoms with van der Waals surface area (Å²) in [4.78, 5) is -0.630. The van der Waals surface area contributed by atoms with E-state index in [1.807, 2.05) is 13.8 Å². The summed E-state index contributed by atoms with van der Waals surface area (Å²) in [6, 6.07) is 0.930. The minimum atomic E-state index is -4.07. The number of nitrogens with one attached hydrogen (secondary N) is 1. The van der Waals surface area contributed by atoms with Crippen molar-refractivity contribution in [2.75, 3.05) is 5.73 Å². The van der Waals surface area contributed by atoms with E-state index in [-0.39, 0.29) is 12.0 Å². The number of hydrogen-bond acceptors (Lipinski definition) is 3. The van der Waals surface area contributed by atoms with E-state index in [0.29, 0.717) is 6.07 Å². The van der Waals surface area contributed by atoms with E-state index in [1.54, 1.807) is 6.92 Å². The lowest BCUT2D eigenvalue weighted by Crippen LogP contribution is -2.38. The zero-order chi connectivity index (χ0) is 15.5. The van der Waals surface area contributed by atoms with Gasteiger partial charge in [-0.3, -0.25) is 0 Å². The third kappa shape index (κ3) is 3.67. The molecule has 1 aromatic rings. The topological polar surface area (TPSA) is 72.2 Å². The van der Waals surface area contributed by atoms with Crippen molar-refractivity contribution in [3.8, 4) is 0 Å². The highest BCUT2D eigenvalue weighted by Crippen LogP contribution is 2.22. The Balaban J connectivity index is 3.09. The fourth-order valence-corrected chi connectivity index (χ4v) is 3.56. The molecule has 20 heavy (non-hydrogen) atoms. The van der Waals surface area contributed by atoms with E-state index < -0.39 is 32.2 Å². The normalized spacial score (nSPS) is 13.7. The van der Waals surface area contributed by atoms with Gasteiger partial charge in [-0.15, -0.1) is 0 Å². The number of sulfonamides is 1. The molecular formula is C13H20F2N2O2S. The Morgan fingerprint density at radius 3 is 2.25 bits per heavy atom. The van der Waals surface area contributed by atoms with Crippen LogP contribution < -0.4 is 10.5 Å². The van der Waals surface area contributed by atoms with E-state index >= 15 is 0 Å². The highest BCUT2D eigenvalue weighted by Gasteiger charge is 2.25. The van der Waals surface area contributed by atoms with Crippen LogP contribution in [-0.2, 0) is 10.0 Å². The van der Waals surface area contributed by atoms with Crippen LogP contribution in [0.25, 0.3) is 0 Å². The van der Waals surface area contributed by atoms with Crippen LogP contribution in [-0.4, -0.2) is 14.5 Å². The summed E-state index contributed by atoms with van der Waals surface area (Å²) < 4.78 is 53.4. The summed E-state index contributed by atoms with van der Waals surface area (Å²) in [5, 5.41) is 0. The van der Waals surface area contributed by atoms with Crippen LogP contribution in [0.2, 0.25) is 0 Å². The van der Waals surface area contributed by atoms with Gasteiger partial charge in [-0.2, -0.15) is 0 Å². The maximum atomic E-state index is 13.6. The van der Waals surface area contributed by atoms with Crippen LogP contribution in [0.4, 0.5) is 14.5 Å². The lowest BCUT2D eigenvalue weighted by Gasteiger charge is -2.22. The highest BCUT2D eigenvalue weighted by molar-refractivity contribution is 7.89. The first kappa shape index (κ1) is 16.8. The molecule has 3 N–H and O–H groups in total. The van der Waals surface area contributed by atoms with E-state index in [9.17, 15) is 17.2 Å². The van der Waals surface area contributed by atoms with Crippen molar-refractivity contribution >= 4 is 15.7 Å². The first-order valence-corrected chi connectivity index (χ1v) is 7.98. The molecule has 1 unspecified atom stereocenters. The minimum absolute atomic E-state index is 0.144. The molecule has 0 spiro atoms. The molecule has 0 saturated carbocycles. The lowest BCUT2D eigenvalue weighted by atomic mass is 9.96. The van der Waals surface area contributed by atoms with Crippen LogP contribution in [0, 0.1) is 17.6 Å². The number of anilines is 1. The molecule has 0 aliphatic heterocycles. The molecule has 0 aliphatic rings. The minimum Gasteiger partial charge on any atom is -0.396 e. The predicted octanol–water partition coefficient (Wildman–Crippen LogP) is 2.65. The molecule has 114 valence electrons. The fraction of sp³-hybridized carbons (Fsp3) is 0.538. The number of benzene rings is 1. The summed E-state index contributed by atoms with van der Waals surface area (Å²) in [7, 11) is -4.07. The van der Waals surface area contributed by atoms with E-state index in [1.165, 1.54) is 0 Å². The number of hydrogen-bond donors (Lipinski definition) is 2. The van der Waals surface area contributed by atoms with Gasteiger partial charge in [-0.25, -0.2) is 21.9 Å². The van der Waals surface area contributed by atoms with Gasteiger partial charge in [0.15, 0.2) is 0 Å². The van der Waals surface area contributed by atoms with Crippen molar-refractivity contribution in [2.24, 2.45) is 5.92 Å². The second kappa shape index (κ2) is 6.49. The van der Waals surface area contributed by atoms with Gasteiger partial charge in [0.2, 0.25) is 10.0 Å². The smallest absolute Gasteiger partial charge is 0.243 e. The molecule has 4 nitrogen and oxygen atoms in total. The van der Waals surface area contributed by atoms with Crippen LogP contribution in [0.3, 0.4) is 0 Å². The average Bonchev–Trinajstić information content (AvgIpc) is 2.34. The molecular weight excluding hydrogens is 286 g/mol. The molecule has 1 aromatic carbocycles. The van der Waals surface area contributed by atoms with E-state index in [4.69, 9.17) is 5.73 Å². The maximum absolute atomic E-state index is 13.6. The molecule has 7 heteroatoms. The number of nitrogens with two attached hydrogens (primary N) is 1. The van der Waals surface area contributed by atoms with Gasteiger partial charge in [0.1, 0.15) is 16.5 Å². The van der Waals surface area contributed by atoms with Crippen LogP contribution in [0.15, 0.2) is 17.0 Å². The molecule has 0 radical (unpaired) electrons. The fourth-order valence-electron chi connectivity index (χ4n) is 2.15. The van der Waals surface area contributed by atoms with E-state index in [0.717, 1.165) is 18.9 Å². The Morgan fingerprint density at radius 1 is 1.20 bits per heavy atom. The third-order valence-corrected chi connectivity index (χ3v) is 5.01. The van der Waals surface area contributed by atoms with Gasteiger partial charge < -0.3 is 5.73 Å². The molecule has 0 aliphatic carbocycles. The van der Waals surface area contributed by atoms with Gasteiger partial charge in [-0.1, -0.05) is 26.7 Å². The summed E-state index contributed by atoms with van der Waals surface area (Å²) in [5.74, 6) is -1.99. The Bertz CT molecular complexity index is 572. The zero-order valence-corrected chi connectivity index (χ0v) is 12.6. The van der Waals surface area contributed by atoms with Crippen molar-refractivity contribution in [3.05, 3.63) is 23.8 Å². The number of rotatable bonds is 6. The van der Waals surface area contributed by atoms with Crippen LogP contribution in [0.5, 0.6) is 0 Å². The number of halogens is 2. The molecule has 1 atom stereocenters. The zero-order valence-electron chi connectivity index (χ0n) is 11.8. The molecule has 0 saturated heterocycles. The van der Waals surface area contributed by atoms with Gasteiger partial charge >= 0.3 is 0 Å². The third-order valence-electron chi connectivity index (χ3n) is 3.44. The highest BCUT2D eigenvalue weighted by atomic mass is 32.2. The van der Waals surface area contributed by atoms with Gasteiger partial charge in [0.25, 0.3) is 0 Å². The first-order chi connectivity index (χ1) is 9.22. The number of nitrogen functional groups attached to an aromatic ring is 1. The Kier molecular flexibility index (Phi) is 5.47. The monoisotopic (exact) mass is 306 g/mol. The molecule has 0 heterocycles.